The van der Waals surface area contributed by atoms with E-state index in [0.717, 1.165) is 30.5 Å². The van der Waals surface area contributed by atoms with E-state index in [-0.39, 0.29) is 29.4 Å². The molecule has 1 aliphatic heterocycles. The molecule has 0 spiro atoms. The first kappa shape index (κ1) is 19.0. The molecule has 0 radical (unpaired) electrons. The Labute approximate surface area is 157 Å². The number of carbonyl (C=O) groups excluding carboxylic acids is 1. The first-order valence-corrected chi connectivity index (χ1v) is 9.06. The van der Waals surface area contributed by atoms with Crippen LogP contribution in [0.1, 0.15) is 47.3 Å². The summed E-state index contributed by atoms with van der Waals surface area (Å²) in [6, 6.07) is 12.5. The van der Waals surface area contributed by atoms with Crippen LogP contribution in [-0.4, -0.2) is 34.5 Å². The molecule has 1 fully saturated rings. The van der Waals surface area contributed by atoms with Gasteiger partial charge in [-0.25, -0.2) is 9.18 Å². The number of hydrogen-bond donors (Lipinski definition) is 2. The van der Waals surface area contributed by atoms with Gasteiger partial charge in [-0.2, -0.15) is 0 Å². The number of halogens is 1. The van der Waals surface area contributed by atoms with Crippen LogP contribution >= 0.6 is 0 Å². The predicted octanol–water partition coefficient (Wildman–Crippen LogP) is 3.37. The number of likely N-dealkylation sites (tertiary alicyclic amines) is 1. The van der Waals surface area contributed by atoms with Gasteiger partial charge in [0, 0.05) is 6.54 Å². The summed E-state index contributed by atoms with van der Waals surface area (Å²) in [6.45, 7) is 3.22. The topological polar surface area (TPSA) is 69.6 Å². The second-order valence-electron chi connectivity index (χ2n) is 6.92. The average molecular weight is 370 g/mol. The Morgan fingerprint density at radius 2 is 2.00 bits per heavy atom. The number of carboxylic acid groups (broad SMARTS) is 1. The van der Waals surface area contributed by atoms with Crippen molar-refractivity contribution >= 4 is 11.9 Å². The molecule has 0 aliphatic carbocycles. The largest absolute Gasteiger partial charge is 0.478 e. The lowest BCUT2D eigenvalue weighted by molar-refractivity contribution is -0.126. The Balaban J connectivity index is 1.62. The van der Waals surface area contributed by atoms with Crippen molar-refractivity contribution in [3.63, 3.8) is 0 Å². The minimum atomic E-state index is -0.975. The molecule has 6 heteroatoms. The van der Waals surface area contributed by atoms with E-state index in [9.17, 15) is 14.0 Å². The molecule has 2 N–H and O–H groups in total. The highest BCUT2D eigenvalue weighted by Gasteiger charge is 2.31. The molecule has 0 bridgehead atoms. The number of aromatic carboxylic acids is 1. The third-order valence-corrected chi connectivity index (χ3v) is 4.96. The van der Waals surface area contributed by atoms with Crippen LogP contribution in [0.25, 0.3) is 0 Å². The Hall–Kier alpha value is -2.73. The van der Waals surface area contributed by atoms with E-state index in [1.54, 1.807) is 18.2 Å². The molecule has 1 saturated heterocycles. The molecule has 5 nitrogen and oxygen atoms in total. The maximum atomic E-state index is 13.4. The standard InChI is InChI=1S/C21H23FN2O3/c1-14(16-7-9-17(10-8-16)21(26)27)23-20(25)19-6-3-11-24(19)13-15-4-2-5-18(22)12-15/h2,4-5,7-10,12,14,19H,3,6,11,13H2,1H3,(H,23,25)(H,26,27)/t14-,19+/m0/s1. The Morgan fingerprint density at radius 3 is 2.67 bits per heavy atom. The van der Waals surface area contributed by atoms with Crippen molar-refractivity contribution in [1.82, 2.24) is 10.2 Å². The monoisotopic (exact) mass is 370 g/mol. The molecular formula is C21H23FN2O3. The fraction of sp³-hybridized carbons (Fsp3) is 0.333. The average Bonchev–Trinajstić information content (AvgIpc) is 3.10. The summed E-state index contributed by atoms with van der Waals surface area (Å²) < 4.78 is 13.4. The zero-order valence-electron chi connectivity index (χ0n) is 15.2. The molecule has 2 aromatic carbocycles. The van der Waals surface area contributed by atoms with Crippen molar-refractivity contribution in [2.45, 2.75) is 38.4 Å². The Kier molecular flexibility index (Phi) is 5.86. The highest BCUT2D eigenvalue weighted by Crippen LogP contribution is 2.22. The van der Waals surface area contributed by atoms with Crippen molar-refractivity contribution in [1.29, 1.82) is 0 Å². The number of hydrogen-bond acceptors (Lipinski definition) is 3. The van der Waals surface area contributed by atoms with Gasteiger partial charge in [0.05, 0.1) is 17.6 Å². The van der Waals surface area contributed by atoms with E-state index >= 15 is 0 Å². The second kappa shape index (κ2) is 8.31. The first-order chi connectivity index (χ1) is 12.9. The Morgan fingerprint density at radius 1 is 1.26 bits per heavy atom. The van der Waals surface area contributed by atoms with Crippen molar-refractivity contribution in [2.24, 2.45) is 0 Å². The lowest BCUT2D eigenvalue weighted by atomic mass is 10.1. The van der Waals surface area contributed by atoms with Gasteiger partial charge in [-0.1, -0.05) is 24.3 Å². The normalized spacial score (nSPS) is 18.2. The van der Waals surface area contributed by atoms with Crippen LogP contribution < -0.4 is 5.32 Å². The maximum absolute atomic E-state index is 13.4. The highest BCUT2D eigenvalue weighted by atomic mass is 19.1. The molecule has 1 amide bonds. The predicted molar refractivity (Wildman–Crippen MR) is 99.8 cm³/mol. The lowest BCUT2D eigenvalue weighted by Gasteiger charge is -2.25. The molecule has 1 heterocycles. The Bertz CT molecular complexity index is 822. The quantitative estimate of drug-likeness (QED) is 0.818. The van der Waals surface area contributed by atoms with E-state index in [1.165, 1.54) is 24.3 Å². The van der Waals surface area contributed by atoms with Gasteiger partial charge in [0.25, 0.3) is 0 Å². The van der Waals surface area contributed by atoms with Crippen LogP contribution in [-0.2, 0) is 11.3 Å². The van der Waals surface area contributed by atoms with Crippen molar-refractivity contribution in [2.75, 3.05) is 6.54 Å². The van der Waals surface area contributed by atoms with E-state index in [1.807, 2.05) is 13.0 Å². The summed E-state index contributed by atoms with van der Waals surface area (Å²) in [4.78, 5) is 25.8. The number of rotatable bonds is 6. The molecule has 27 heavy (non-hydrogen) atoms. The maximum Gasteiger partial charge on any atom is 0.335 e. The van der Waals surface area contributed by atoms with Gasteiger partial charge >= 0.3 is 5.97 Å². The smallest absolute Gasteiger partial charge is 0.335 e. The fourth-order valence-electron chi connectivity index (χ4n) is 3.49. The van der Waals surface area contributed by atoms with Crippen LogP contribution in [0.5, 0.6) is 0 Å². The van der Waals surface area contributed by atoms with Crippen molar-refractivity contribution in [3.05, 3.63) is 71.0 Å². The summed E-state index contributed by atoms with van der Waals surface area (Å²) in [5, 5.41) is 12.0. The number of carbonyl (C=O) groups is 2. The van der Waals surface area contributed by atoms with E-state index < -0.39 is 5.97 Å². The third kappa shape index (κ3) is 4.71. The number of amides is 1. The van der Waals surface area contributed by atoms with Crippen LogP contribution in [0.15, 0.2) is 48.5 Å². The molecule has 2 aromatic rings. The molecule has 1 aliphatic rings. The molecule has 2 atom stereocenters. The number of carboxylic acids is 1. The van der Waals surface area contributed by atoms with E-state index in [0.29, 0.717) is 6.54 Å². The fourth-order valence-corrected chi connectivity index (χ4v) is 3.49. The summed E-state index contributed by atoms with van der Waals surface area (Å²) in [6.07, 6.45) is 1.70. The van der Waals surface area contributed by atoms with Gasteiger partial charge in [0.1, 0.15) is 5.82 Å². The number of nitrogens with one attached hydrogen (secondary N) is 1. The first-order valence-electron chi connectivity index (χ1n) is 9.06. The third-order valence-electron chi connectivity index (χ3n) is 4.96. The summed E-state index contributed by atoms with van der Waals surface area (Å²) >= 11 is 0. The van der Waals surface area contributed by atoms with Gasteiger partial charge in [-0.05, 0) is 61.7 Å². The van der Waals surface area contributed by atoms with Gasteiger partial charge in [-0.15, -0.1) is 0 Å². The van der Waals surface area contributed by atoms with Crippen LogP contribution in [0.3, 0.4) is 0 Å². The number of nitrogens with zero attached hydrogens (tertiary/aromatic N) is 1. The molecule has 0 saturated carbocycles. The molecular weight excluding hydrogens is 347 g/mol. The summed E-state index contributed by atoms with van der Waals surface area (Å²) in [5.74, 6) is -1.30. The van der Waals surface area contributed by atoms with Crippen LogP contribution in [0.2, 0.25) is 0 Å². The SMILES string of the molecule is C[C@H](NC(=O)[C@H]1CCCN1Cc1cccc(F)c1)c1ccc(C(=O)O)cc1. The second-order valence-corrected chi connectivity index (χ2v) is 6.92. The zero-order valence-corrected chi connectivity index (χ0v) is 15.2. The van der Waals surface area contributed by atoms with Crippen LogP contribution in [0.4, 0.5) is 4.39 Å². The van der Waals surface area contributed by atoms with Crippen molar-refractivity contribution in [3.8, 4) is 0 Å². The van der Waals surface area contributed by atoms with Gasteiger partial charge < -0.3 is 10.4 Å². The van der Waals surface area contributed by atoms with E-state index in [4.69, 9.17) is 5.11 Å². The minimum Gasteiger partial charge on any atom is -0.478 e. The summed E-state index contributed by atoms with van der Waals surface area (Å²) in [7, 11) is 0. The van der Waals surface area contributed by atoms with Gasteiger partial charge in [-0.3, -0.25) is 9.69 Å². The highest BCUT2D eigenvalue weighted by molar-refractivity contribution is 5.87. The molecule has 3 rings (SSSR count). The number of benzene rings is 2. The van der Waals surface area contributed by atoms with Crippen LogP contribution in [0, 0.1) is 5.82 Å². The minimum absolute atomic E-state index is 0.0567. The molecule has 0 aromatic heterocycles. The van der Waals surface area contributed by atoms with Gasteiger partial charge in [0.2, 0.25) is 5.91 Å². The summed E-state index contributed by atoms with van der Waals surface area (Å²) in [5.41, 5.74) is 1.92. The van der Waals surface area contributed by atoms with Gasteiger partial charge in [0.15, 0.2) is 0 Å². The zero-order chi connectivity index (χ0) is 19.4. The molecule has 142 valence electrons. The lowest BCUT2D eigenvalue weighted by Crippen LogP contribution is -2.43. The van der Waals surface area contributed by atoms with E-state index in [2.05, 4.69) is 10.2 Å². The van der Waals surface area contributed by atoms with Crippen molar-refractivity contribution < 1.29 is 19.1 Å². The molecule has 0 unspecified atom stereocenters.